The number of aromatic hydroxyl groups is 1. The molecule has 0 spiro atoms. The largest absolute Gasteiger partial charge is 0.504 e. The van der Waals surface area contributed by atoms with E-state index in [0.29, 0.717) is 24.4 Å². The first-order valence-corrected chi connectivity index (χ1v) is 8.25. The summed E-state index contributed by atoms with van der Waals surface area (Å²) in [5.41, 5.74) is 1.20. The summed E-state index contributed by atoms with van der Waals surface area (Å²) in [6.07, 6.45) is 0. The molecule has 1 aliphatic rings. The molecule has 2 N–H and O–H groups in total. The number of carbonyl (C=O) groups excluding carboxylic acids is 2. The van der Waals surface area contributed by atoms with Crippen molar-refractivity contribution in [2.75, 3.05) is 20.3 Å². The number of nitrogens with one attached hydrogen (secondary N) is 1. The van der Waals surface area contributed by atoms with Crippen molar-refractivity contribution in [3.8, 4) is 11.5 Å². The minimum absolute atomic E-state index is 0.117. The number of phenols is 1. The third-order valence-electron chi connectivity index (χ3n) is 4.01. The molecular weight excluding hydrogens is 348 g/mol. The standard InChI is InChI=1S/C17H21ClN2O5/c1-5-20-9(3)14(16(22)24-4)15(19-17(20)23)10-7-13(25-6-2)12(21)8-11(10)18/h7-8,15,21H,5-6H2,1-4H3,(H,19,23). The molecule has 1 aliphatic heterocycles. The van der Waals surface area contributed by atoms with Gasteiger partial charge in [0.15, 0.2) is 11.5 Å². The van der Waals surface area contributed by atoms with Crippen molar-refractivity contribution in [2.45, 2.75) is 26.8 Å². The van der Waals surface area contributed by atoms with Crippen LogP contribution >= 0.6 is 11.6 Å². The van der Waals surface area contributed by atoms with Gasteiger partial charge in [-0.1, -0.05) is 11.6 Å². The van der Waals surface area contributed by atoms with Gasteiger partial charge >= 0.3 is 12.0 Å². The number of amides is 2. The van der Waals surface area contributed by atoms with Gasteiger partial charge < -0.3 is 19.9 Å². The summed E-state index contributed by atoms with van der Waals surface area (Å²) in [6, 6.07) is 1.68. The number of esters is 1. The van der Waals surface area contributed by atoms with Gasteiger partial charge in [0.1, 0.15) is 0 Å². The van der Waals surface area contributed by atoms with Gasteiger partial charge in [-0.25, -0.2) is 9.59 Å². The number of ether oxygens (including phenoxy) is 2. The van der Waals surface area contributed by atoms with E-state index in [0.717, 1.165) is 0 Å². The number of hydrogen-bond acceptors (Lipinski definition) is 5. The van der Waals surface area contributed by atoms with Gasteiger partial charge in [0.25, 0.3) is 0 Å². The van der Waals surface area contributed by atoms with Crippen LogP contribution in [0.4, 0.5) is 4.79 Å². The van der Waals surface area contributed by atoms with Gasteiger partial charge in [-0.05, 0) is 26.8 Å². The van der Waals surface area contributed by atoms with Gasteiger partial charge in [0.2, 0.25) is 0 Å². The predicted molar refractivity (Wildman–Crippen MR) is 92.7 cm³/mol. The highest BCUT2D eigenvalue weighted by Crippen LogP contribution is 2.40. The van der Waals surface area contributed by atoms with Gasteiger partial charge in [-0.2, -0.15) is 0 Å². The Morgan fingerprint density at radius 3 is 2.64 bits per heavy atom. The van der Waals surface area contributed by atoms with E-state index in [1.807, 2.05) is 0 Å². The minimum Gasteiger partial charge on any atom is -0.504 e. The molecule has 0 saturated carbocycles. The van der Waals surface area contributed by atoms with E-state index >= 15 is 0 Å². The number of rotatable bonds is 5. The van der Waals surface area contributed by atoms with E-state index in [9.17, 15) is 14.7 Å². The zero-order valence-electron chi connectivity index (χ0n) is 14.6. The first kappa shape index (κ1) is 18.9. The molecule has 1 atom stereocenters. The van der Waals surface area contributed by atoms with Crippen molar-refractivity contribution in [1.82, 2.24) is 10.2 Å². The number of urea groups is 1. The minimum atomic E-state index is -0.810. The van der Waals surface area contributed by atoms with Gasteiger partial charge in [0.05, 0.1) is 30.4 Å². The summed E-state index contributed by atoms with van der Waals surface area (Å²) in [5, 5.41) is 12.9. The summed E-state index contributed by atoms with van der Waals surface area (Å²) in [6.45, 7) is 6.00. The quantitative estimate of drug-likeness (QED) is 0.780. The van der Waals surface area contributed by atoms with Crippen LogP contribution in [0.5, 0.6) is 11.5 Å². The lowest BCUT2D eigenvalue weighted by molar-refractivity contribution is -0.136. The first-order chi connectivity index (χ1) is 11.8. The Bertz CT molecular complexity index is 732. The summed E-state index contributed by atoms with van der Waals surface area (Å²) in [4.78, 5) is 26.2. The molecular formula is C17H21ClN2O5. The van der Waals surface area contributed by atoms with Crippen molar-refractivity contribution in [1.29, 1.82) is 0 Å². The van der Waals surface area contributed by atoms with Crippen LogP contribution in [0.25, 0.3) is 0 Å². The van der Waals surface area contributed by atoms with Crippen LogP contribution < -0.4 is 10.1 Å². The average molecular weight is 369 g/mol. The topological polar surface area (TPSA) is 88.1 Å². The Hall–Kier alpha value is -2.41. The highest BCUT2D eigenvalue weighted by molar-refractivity contribution is 6.31. The second-order valence-corrected chi connectivity index (χ2v) is 5.80. The van der Waals surface area contributed by atoms with E-state index in [1.54, 1.807) is 20.8 Å². The van der Waals surface area contributed by atoms with Crippen molar-refractivity contribution in [3.05, 3.63) is 34.0 Å². The average Bonchev–Trinajstić information content (AvgIpc) is 2.56. The number of benzene rings is 1. The maximum atomic E-state index is 12.4. The lowest BCUT2D eigenvalue weighted by Gasteiger charge is -2.35. The Morgan fingerprint density at radius 2 is 2.08 bits per heavy atom. The number of nitrogens with zero attached hydrogens (tertiary/aromatic N) is 1. The van der Waals surface area contributed by atoms with Crippen LogP contribution in [-0.2, 0) is 9.53 Å². The van der Waals surface area contributed by atoms with Gasteiger partial charge in [-0.3, -0.25) is 4.90 Å². The van der Waals surface area contributed by atoms with Crippen molar-refractivity contribution in [2.24, 2.45) is 0 Å². The highest BCUT2D eigenvalue weighted by atomic mass is 35.5. The molecule has 1 unspecified atom stereocenters. The van der Waals surface area contributed by atoms with E-state index < -0.39 is 12.0 Å². The molecule has 0 radical (unpaired) electrons. The van der Waals surface area contributed by atoms with Crippen LogP contribution in [0, 0.1) is 0 Å². The third kappa shape index (κ3) is 3.51. The van der Waals surface area contributed by atoms with Crippen molar-refractivity contribution < 1.29 is 24.2 Å². The van der Waals surface area contributed by atoms with E-state index in [-0.39, 0.29) is 28.1 Å². The molecule has 1 heterocycles. The summed E-state index contributed by atoms with van der Waals surface area (Å²) in [7, 11) is 1.27. The monoisotopic (exact) mass is 368 g/mol. The molecule has 8 heteroatoms. The van der Waals surface area contributed by atoms with Crippen LogP contribution in [0.2, 0.25) is 5.02 Å². The number of hydrogen-bond donors (Lipinski definition) is 2. The Labute approximate surface area is 151 Å². The lowest BCUT2D eigenvalue weighted by atomic mass is 9.94. The van der Waals surface area contributed by atoms with E-state index in [4.69, 9.17) is 21.1 Å². The summed E-state index contributed by atoms with van der Waals surface area (Å²) >= 11 is 6.26. The maximum absolute atomic E-state index is 12.4. The Morgan fingerprint density at radius 1 is 1.40 bits per heavy atom. The van der Waals surface area contributed by atoms with Crippen molar-refractivity contribution >= 4 is 23.6 Å². The smallest absolute Gasteiger partial charge is 0.337 e. The summed E-state index contributed by atoms with van der Waals surface area (Å²) in [5.74, 6) is -0.466. The highest BCUT2D eigenvalue weighted by Gasteiger charge is 2.37. The second-order valence-electron chi connectivity index (χ2n) is 5.39. The fourth-order valence-corrected chi connectivity index (χ4v) is 3.09. The zero-order valence-corrected chi connectivity index (χ0v) is 15.3. The molecule has 2 amide bonds. The molecule has 136 valence electrons. The maximum Gasteiger partial charge on any atom is 0.337 e. The fraction of sp³-hybridized carbons (Fsp3) is 0.412. The number of halogens is 1. The normalized spacial score (nSPS) is 17.4. The second kappa shape index (κ2) is 7.65. The molecule has 0 fully saturated rings. The molecule has 0 bridgehead atoms. The molecule has 0 saturated heterocycles. The third-order valence-corrected chi connectivity index (χ3v) is 4.33. The molecule has 0 aliphatic carbocycles. The molecule has 1 aromatic rings. The number of phenolic OH excluding ortho intramolecular Hbond substituents is 1. The van der Waals surface area contributed by atoms with Crippen LogP contribution in [0.3, 0.4) is 0 Å². The van der Waals surface area contributed by atoms with Crippen molar-refractivity contribution in [3.63, 3.8) is 0 Å². The fourth-order valence-electron chi connectivity index (χ4n) is 2.82. The first-order valence-electron chi connectivity index (χ1n) is 7.87. The predicted octanol–water partition coefficient (Wildman–Crippen LogP) is 2.98. The summed E-state index contributed by atoms with van der Waals surface area (Å²) < 4.78 is 10.3. The number of allylic oxidation sites excluding steroid dienone is 1. The Balaban J connectivity index is 2.63. The van der Waals surface area contributed by atoms with Crippen LogP contribution in [-0.4, -0.2) is 42.3 Å². The lowest BCUT2D eigenvalue weighted by Crippen LogP contribution is -2.47. The Kier molecular flexibility index (Phi) is 5.79. The SMILES string of the molecule is CCOc1cc(C2NC(=O)N(CC)C(C)=C2C(=O)OC)c(Cl)cc1O. The molecule has 0 aromatic heterocycles. The van der Waals surface area contributed by atoms with Crippen LogP contribution in [0.1, 0.15) is 32.4 Å². The van der Waals surface area contributed by atoms with E-state index in [1.165, 1.54) is 24.1 Å². The molecule has 2 rings (SSSR count). The molecule has 1 aromatic carbocycles. The number of methoxy groups -OCH3 is 1. The molecule has 7 nitrogen and oxygen atoms in total. The van der Waals surface area contributed by atoms with Crippen LogP contribution in [0.15, 0.2) is 23.4 Å². The van der Waals surface area contributed by atoms with Gasteiger partial charge in [-0.15, -0.1) is 0 Å². The molecule has 25 heavy (non-hydrogen) atoms. The zero-order chi connectivity index (χ0) is 18.7. The van der Waals surface area contributed by atoms with Gasteiger partial charge in [0, 0.05) is 23.9 Å². The number of carbonyl (C=O) groups is 2. The van der Waals surface area contributed by atoms with E-state index in [2.05, 4.69) is 5.32 Å².